The van der Waals surface area contributed by atoms with Gasteiger partial charge in [0.2, 0.25) is 11.8 Å². The summed E-state index contributed by atoms with van der Waals surface area (Å²) in [5, 5.41) is 11.1. The van der Waals surface area contributed by atoms with Crippen LogP contribution >= 0.6 is 0 Å². The maximum absolute atomic E-state index is 14.1. The first-order valence-corrected chi connectivity index (χ1v) is 12.3. The molecule has 3 aliphatic heterocycles. The summed E-state index contributed by atoms with van der Waals surface area (Å²) in [6.07, 6.45) is 3.74. The average molecular weight is 524 g/mol. The van der Waals surface area contributed by atoms with Crippen LogP contribution in [0.1, 0.15) is 22.8 Å². The van der Waals surface area contributed by atoms with Crippen molar-refractivity contribution in [1.29, 1.82) is 0 Å². The van der Waals surface area contributed by atoms with E-state index >= 15 is 0 Å². The molecule has 6 rings (SSSR count). The first-order valence-electron chi connectivity index (χ1n) is 12.3. The summed E-state index contributed by atoms with van der Waals surface area (Å²) in [4.78, 5) is 66.5. The standard InChI is InChI=1S/C29H21N3O7/c1-16(33)39-21-13-6-18(7-14-21)27(34)26-25-24(23-15-8-17-4-2-3-5-22(17)31(23)26)28(35)30(29(25)36)19-9-11-20(12-10-19)32(37)38/h2-15,23-26H,1H3/t23-,24-,25+,26-/m1/s1. The zero-order chi connectivity index (χ0) is 27.4. The van der Waals surface area contributed by atoms with E-state index < -0.39 is 46.6 Å². The van der Waals surface area contributed by atoms with Crippen LogP contribution in [0.5, 0.6) is 5.75 Å². The van der Waals surface area contributed by atoms with Gasteiger partial charge >= 0.3 is 5.97 Å². The van der Waals surface area contributed by atoms with Crippen molar-refractivity contribution in [1.82, 2.24) is 0 Å². The number of esters is 1. The monoisotopic (exact) mass is 523 g/mol. The van der Waals surface area contributed by atoms with Crippen LogP contribution in [0.15, 0.2) is 78.9 Å². The van der Waals surface area contributed by atoms with Gasteiger partial charge in [-0.05, 0) is 48.0 Å². The molecule has 0 bridgehead atoms. The minimum Gasteiger partial charge on any atom is -0.427 e. The van der Waals surface area contributed by atoms with Gasteiger partial charge in [0.25, 0.3) is 5.69 Å². The minimum absolute atomic E-state index is 0.165. The van der Waals surface area contributed by atoms with Crippen LogP contribution in [-0.2, 0) is 14.4 Å². The molecule has 3 aromatic rings. The molecular weight excluding hydrogens is 502 g/mol. The molecule has 10 heteroatoms. The lowest BCUT2D eigenvalue weighted by Crippen LogP contribution is -2.48. The highest BCUT2D eigenvalue weighted by atomic mass is 16.6. The fraction of sp³-hybridized carbons (Fsp3) is 0.172. The van der Waals surface area contributed by atoms with E-state index in [2.05, 4.69) is 0 Å². The molecule has 3 heterocycles. The van der Waals surface area contributed by atoms with Crippen LogP contribution in [-0.4, -0.2) is 40.6 Å². The molecule has 0 radical (unpaired) electrons. The normalized spacial score (nSPS) is 22.8. The number of carbonyl (C=O) groups excluding carboxylic acids is 4. The molecule has 3 aliphatic rings. The van der Waals surface area contributed by atoms with Crippen LogP contribution in [0.3, 0.4) is 0 Å². The molecule has 10 nitrogen and oxygen atoms in total. The first kappa shape index (κ1) is 24.2. The molecule has 0 spiro atoms. The Hall–Kier alpha value is -5.12. The van der Waals surface area contributed by atoms with E-state index in [1.807, 2.05) is 41.3 Å². The van der Waals surface area contributed by atoms with Gasteiger partial charge in [0, 0.05) is 30.3 Å². The number of para-hydroxylation sites is 1. The van der Waals surface area contributed by atoms with Gasteiger partial charge in [-0.1, -0.05) is 30.4 Å². The Bertz CT molecular complexity index is 1580. The van der Waals surface area contributed by atoms with Crippen molar-refractivity contribution in [3.05, 3.63) is 100 Å². The number of non-ortho nitro benzene ring substituents is 1. The van der Waals surface area contributed by atoms with Gasteiger partial charge in [-0.2, -0.15) is 0 Å². The Labute approximate surface area is 222 Å². The number of carbonyl (C=O) groups is 4. The number of nitro benzene ring substituents is 1. The Kier molecular flexibility index (Phi) is 5.60. The number of rotatable bonds is 5. The predicted molar refractivity (Wildman–Crippen MR) is 140 cm³/mol. The van der Waals surface area contributed by atoms with Crippen LogP contribution in [0, 0.1) is 22.0 Å². The Morgan fingerprint density at radius 2 is 1.56 bits per heavy atom. The van der Waals surface area contributed by atoms with Crippen molar-refractivity contribution in [3.8, 4) is 5.75 Å². The highest BCUT2D eigenvalue weighted by Gasteiger charge is 2.64. The second-order valence-electron chi connectivity index (χ2n) is 9.58. The lowest BCUT2D eigenvalue weighted by atomic mass is 9.86. The van der Waals surface area contributed by atoms with E-state index in [1.165, 1.54) is 55.5 Å². The molecule has 2 saturated heterocycles. The Morgan fingerprint density at radius 3 is 2.23 bits per heavy atom. The van der Waals surface area contributed by atoms with Crippen LogP contribution in [0.25, 0.3) is 6.08 Å². The van der Waals surface area contributed by atoms with E-state index in [0.717, 1.165) is 16.2 Å². The average Bonchev–Trinajstić information content (AvgIpc) is 3.41. The number of imide groups is 1. The molecule has 0 N–H and O–H groups in total. The summed E-state index contributed by atoms with van der Waals surface area (Å²) in [6.45, 7) is 1.28. The third kappa shape index (κ3) is 3.80. The van der Waals surface area contributed by atoms with Gasteiger partial charge in [-0.3, -0.25) is 29.3 Å². The summed E-state index contributed by atoms with van der Waals surface area (Å²) in [5.74, 6) is -3.36. The van der Waals surface area contributed by atoms with Crippen molar-refractivity contribution < 1.29 is 28.8 Å². The van der Waals surface area contributed by atoms with Gasteiger partial charge in [-0.15, -0.1) is 0 Å². The summed E-state index contributed by atoms with van der Waals surface area (Å²) < 4.78 is 5.08. The van der Waals surface area contributed by atoms with Crippen molar-refractivity contribution >= 4 is 46.7 Å². The Morgan fingerprint density at radius 1 is 0.897 bits per heavy atom. The number of nitro groups is 1. The number of hydrogen-bond donors (Lipinski definition) is 0. The molecular formula is C29H21N3O7. The van der Waals surface area contributed by atoms with Crippen LogP contribution < -0.4 is 14.5 Å². The van der Waals surface area contributed by atoms with E-state index in [9.17, 15) is 29.3 Å². The van der Waals surface area contributed by atoms with Gasteiger partial charge < -0.3 is 9.64 Å². The van der Waals surface area contributed by atoms with Gasteiger partial charge in [0.05, 0.1) is 28.5 Å². The number of anilines is 2. The van der Waals surface area contributed by atoms with Gasteiger partial charge in [0.15, 0.2) is 5.78 Å². The van der Waals surface area contributed by atoms with Crippen molar-refractivity contribution in [2.24, 2.45) is 11.8 Å². The summed E-state index contributed by atoms with van der Waals surface area (Å²) >= 11 is 0. The smallest absolute Gasteiger partial charge is 0.308 e. The number of ether oxygens (including phenoxy) is 1. The quantitative estimate of drug-likeness (QED) is 0.123. The van der Waals surface area contributed by atoms with Gasteiger partial charge in [0.1, 0.15) is 11.8 Å². The van der Waals surface area contributed by atoms with Crippen molar-refractivity contribution in [2.45, 2.75) is 19.0 Å². The van der Waals surface area contributed by atoms with E-state index in [4.69, 9.17) is 4.74 Å². The molecule has 0 aromatic heterocycles. The maximum atomic E-state index is 14.1. The number of hydrogen-bond acceptors (Lipinski definition) is 8. The zero-order valence-electron chi connectivity index (χ0n) is 20.6. The van der Waals surface area contributed by atoms with E-state index in [0.29, 0.717) is 5.56 Å². The third-order valence-corrected chi connectivity index (χ3v) is 7.40. The number of fused-ring (bicyclic) bond motifs is 5. The number of Topliss-reactive ketones (excluding diaryl/α,β-unsaturated/α-hetero) is 1. The minimum atomic E-state index is -0.981. The molecule has 2 amide bonds. The second-order valence-corrected chi connectivity index (χ2v) is 9.58. The molecule has 4 atom stereocenters. The second kappa shape index (κ2) is 9.02. The highest BCUT2D eigenvalue weighted by Crippen LogP contribution is 2.49. The zero-order valence-corrected chi connectivity index (χ0v) is 20.6. The first-order chi connectivity index (χ1) is 18.8. The number of ketones is 1. The molecule has 0 saturated carbocycles. The lowest BCUT2D eigenvalue weighted by Gasteiger charge is -2.36. The number of benzene rings is 3. The van der Waals surface area contributed by atoms with E-state index in [1.54, 1.807) is 0 Å². The molecule has 3 aromatic carbocycles. The van der Waals surface area contributed by atoms with Crippen molar-refractivity contribution in [3.63, 3.8) is 0 Å². The van der Waals surface area contributed by atoms with Gasteiger partial charge in [-0.25, -0.2) is 4.90 Å². The highest BCUT2D eigenvalue weighted by molar-refractivity contribution is 6.25. The fourth-order valence-corrected chi connectivity index (χ4v) is 5.82. The Balaban J connectivity index is 1.42. The molecule has 0 aliphatic carbocycles. The maximum Gasteiger partial charge on any atom is 0.308 e. The molecule has 39 heavy (non-hydrogen) atoms. The summed E-state index contributed by atoms with van der Waals surface area (Å²) in [7, 11) is 0. The molecule has 194 valence electrons. The van der Waals surface area contributed by atoms with Crippen LogP contribution in [0.4, 0.5) is 17.1 Å². The predicted octanol–water partition coefficient (Wildman–Crippen LogP) is 3.79. The largest absolute Gasteiger partial charge is 0.427 e. The van der Waals surface area contributed by atoms with E-state index in [-0.39, 0.29) is 22.9 Å². The van der Waals surface area contributed by atoms with Crippen molar-refractivity contribution in [2.75, 3.05) is 9.80 Å². The molecule has 0 unspecified atom stereocenters. The molecule has 2 fully saturated rings. The number of nitrogens with zero attached hydrogens (tertiary/aromatic N) is 3. The summed E-state index contributed by atoms with van der Waals surface area (Å²) in [6, 6.07) is 17.2. The third-order valence-electron chi connectivity index (χ3n) is 7.40. The lowest BCUT2D eigenvalue weighted by molar-refractivity contribution is -0.384. The summed E-state index contributed by atoms with van der Waals surface area (Å²) in [5.41, 5.74) is 1.96. The number of amides is 2. The topological polar surface area (TPSA) is 127 Å². The van der Waals surface area contributed by atoms with Crippen LogP contribution in [0.2, 0.25) is 0 Å². The fourth-order valence-electron chi connectivity index (χ4n) is 5.82. The SMILES string of the molecule is CC(=O)Oc1ccc(C(=O)[C@H]2[C@H]3C(=O)N(c4ccc([N+](=O)[O-])cc4)C(=O)[C@@H]3[C@H]3C=Cc4ccccc4N32)cc1.